The van der Waals surface area contributed by atoms with Crippen LogP contribution in [0.3, 0.4) is 0 Å². The molecule has 23 heavy (non-hydrogen) atoms. The van der Waals surface area contributed by atoms with Crippen LogP contribution in [-0.4, -0.2) is 26.1 Å². The summed E-state index contributed by atoms with van der Waals surface area (Å²) in [5.41, 5.74) is 1.41. The molecule has 1 amide bonds. The normalized spacial score (nSPS) is 11.4. The predicted octanol–water partition coefficient (Wildman–Crippen LogP) is 3.37. The number of ether oxygens (including phenoxy) is 2. The average Bonchev–Trinajstić information content (AvgIpc) is 2.61. The quantitative estimate of drug-likeness (QED) is 0.831. The third kappa shape index (κ3) is 4.57. The van der Waals surface area contributed by atoms with Crippen molar-refractivity contribution in [1.82, 2.24) is 5.32 Å². The van der Waals surface area contributed by atoms with Crippen LogP contribution in [0.4, 0.5) is 4.79 Å². The molecule has 0 spiro atoms. The SMILES string of the molecule is COC(=O)NC(CC(=O)c1ccccc1)c1ccc(OC)cc1. The van der Waals surface area contributed by atoms with Gasteiger partial charge in [-0.15, -0.1) is 0 Å². The predicted molar refractivity (Wildman–Crippen MR) is 86.7 cm³/mol. The smallest absolute Gasteiger partial charge is 0.407 e. The van der Waals surface area contributed by atoms with Crippen LogP contribution < -0.4 is 10.1 Å². The zero-order valence-electron chi connectivity index (χ0n) is 13.1. The molecule has 2 aromatic rings. The third-order valence-electron chi connectivity index (χ3n) is 3.48. The molecule has 0 saturated heterocycles. The first-order valence-corrected chi connectivity index (χ1v) is 7.20. The number of nitrogens with one attached hydrogen (secondary N) is 1. The number of alkyl carbamates (subject to hydrolysis) is 1. The highest BCUT2D eigenvalue weighted by Gasteiger charge is 2.19. The van der Waals surface area contributed by atoms with Crippen LogP contribution in [0.1, 0.15) is 28.4 Å². The number of methoxy groups -OCH3 is 2. The van der Waals surface area contributed by atoms with E-state index < -0.39 is 12.1 Å². The standard InChI is InChI=1S/C18H19NO4/c1-22-15-10-8-13(9-11-15)16(19-18(21)23-2)12-17(20)14-6-4-3-5-7-14/h3-11,16H,12H2,1-2H3,(H,19,21). The van der Waals surface area contributed by atoms with Gasteiger partial charge in [0.2, 0.25) is 0 Å². The van der Waals surface area contributed by atoms with E-state index in [0.29, 0.717) is 11.3 Å². The fraction of sp³-hybridized carbons (Fsp3) is 0.222. The number of carbonyl (C=O) groups excluding carboxylic acids is 2. The molecule has 5 nitrogen and oxygen atoms in total. The molecule has 2 aromatic carbocycles. The molecular weight excluding hydrogens is 294 g/mol. The summed E-state index contributed by atoms with van der Waals surface area (Å²) in [5, 5.41) is 2.70. The van der Waals surface area contributed by atoms with Crippen molar-refractivity contribution in [3.05, 3.63) is 65.7 Å². The van der Waals surface area contributed by atoms with E-state index in [1.54, 1.807) is 31.4 Å². The molecule has 0 aliphatic carbocycles. The molecule has 0 radical (unpaired) electrons. The van der Waals surface area contributed by atoms with Crippen LogP contribution in [0, 0.1) is 0 Å². The maximum atomic E-state index is 12.4. The lowest BCUT2D eigenvalue weighted by Gasteiger charge is -2.18. The van der Waals surface area contributed by atoms with Gasteiger partial charge in [-0.25, -0.2) is 4.79 Å². The van der Waals surface area contributed by atoms with Crippen LogP contribution in [0.5, 0.6) is 5.75 Å². The molecule has 0 fully saturated rings. The zero-order valence-corrected chi connectivity index (χ0v) is 13.1. The van der Waals surface area contributed by atoms with Gasteiger partial charge in [0.05, 0.1) is 20.3 Å². The van der Waals surface area contributed by atoms with E-state index in [-0.39, 0.29) is 12.2 Å². The summed E-state index contributed by atoms with van der Waals surface area (Å²) in [6.07, 6.45) is -0.433. The van der Waals surface area contributed by atoms with Crippen LogP contribution in [-0.2, 0) is 4.74 Å². The summed E-state index contributed by atoms with van der Waals surface area (Å²) in [6, 6.07) is 15.7. The largest absolute Gasteiger partial charge is 0.497 e. The van der Waals surface area contributed by atoms with E-state index in [0.717, 1.165) is 5.56 Å². The summed E-state index contributed by atoms with van der Waals surface area (Å²) in [7, 11) is 2.87. The summed E-state index contributed by atoms with van der Waals surface area (Å²) < 4.78 is 9.77. The third-order valence-corrected chi connectivity index (χ3v) is 3.48. The fourth-order valence-electron chi connectivity index (χ4n) is 2.22. The number of amides is 1. The second-order valence-corrected chi connectivity index (χ2v) is 4.95. The van der Waals surface area contributed by atoms with Gasteiger partial charge in [-0.2, -0.15) is 0 Å². The average molecular weight is 313 g/mol. The first-order chi connectivity index (χ1) is 11.1. The van der Waals surface area contributed by atoms with Gasteiger partial charge >= 0.3 is 6.09 Å². The highest BCUT2D eigenvalue weighted by Crippen LogP contribution is 2.22. The zero-order chi connectivity index (χ0) is 16.7. The minimum Gasteiger partial charge on any atom is -0.497 e. The lowest BCUT2D eigenvalue weighted by molar-refractivity contribution is 0.0967. The van der Waals surface area contributed by atoms with Crippen molar-refractivity contribution in [3.8, 4) is 5.75 Å². The van der Waals surface area contributed by atoms with Crippen molar-refractivity contribution in [1.29, 1.82) is 0 Å². The van der Waals surface area contributed by atoms with E-state index in [9.17, 15) is 9.59 Å². The van der Waals surface area contributed by atoms with Crippen molar-refractivity contribution in [2.24, 2.45) is 0 Å². The molecule has 1 N–H and O–H groups in total. The van der Waals surface area contributed by atoms with E-state index in [4.69, 9.17) is 4.74 Å². The molecule has 0 bridgehead atoms. The molecule has 120 valence electrons. The van der Waals surface area contributed by atoms with Gasteiger partial charge in [0.1, 0.15) is 5.75 Å². The van der Waals surface area contributed by atoms with Gasteiger partial charge in [0.25, 0.3) is 0 Å². The lowest BCUT2D eigenvalue weighted by Crippen LogP contribution is -2.30. The Bertz CT molecular complexity index is 652. The van der Waals surface area contributed by atoms with E-state index in [2.05, 4.69) is 10.1 Å². The summed E-state index contributed by atoms with van der Waals surface area (Å²) in [5.74, 6) is 0.655. The van der Waals surface area contributed by atoms with Crippen molar-refractivity contribution in [2.45, 2.75) is 12.5 Å². The van der Waals surface area contributed by atoms with Gasteiger partial charge in [-0.1, -0.05) is 42.5 Å². The van der Waals surface area contributed by atoms with Crippen LogP contribution >= 0.6 is 0 Å². The number of Topliss-reactive ketones (excluding diaryl/α,β-unsaturated/α-hetero) is 1. The minimum atomic E-state index is -0.577. The van der Waals surface area contributed by atoms with E-state index in [1.165, 1.54) is 7.11 Å². The Hall–Kier alpha value is -2.82. The van der Waals surface area contributed by atoms with Gasteiger partial charge in [0, 0.05) is 12.0 Å². The molecule has 0 saturated carbocycles. The Morgan fingerprint density at radius 1 is 1.00 bits per heavy atom. The van der Waals surface area contributed by atoms with Gasteiger partial charge in [0.15, 0.2) is 5.78 Å². The molecule has 2 rings (SSSR count). The number of hydrogen-bond acceptors (Lipinski definition) is 4. The summed E-state index contributed by atoms with van der Waals surface area (Å²) in [6.45, 7) is 0. The Morgan fingerprint density at radius 3 is 2.22 bits per heavy atom. The van der Waals surface area contributed by atoms with E-state index >= 15 is 0 Å². The number of ketones is 1. The van der Waals surface area contributed by atoms with Crippen molar-refractivity contribution in [3.63, 3.8) is 0 Å². The topological polar surface area (TPSA) is 64.6 Å². The van der Waals surface area contributed by atoms with Crippen LogP contribution in [0.2, 0.25) is 0 Å². The second-order valence-electron chi connectivity index (χ2n) is 4.95. The Morgan fingerprint density at radius 2 is 1.65 bits per heavy atom. The maximum Gasteiger partial charge on any atom is 0.407 e. The highest BCUT2D eigenvalue weighted by molar-refractivity contribution is 5.96. The van der Waals surface area contributed by atoms with Gasteiger partial charge < -0.3 is 14.8 Å². The Labute approximate surface area is 135 Å². The van der Waals surface area contributed by atoms with Crippen molar-refractivity contribution < 1.29 is 19.1 Å². The fourth-order valence-corrected chi connectivity index (χ4v) is 2.22. The summed E-state index contributed by atoms with van der Waals surface area (Å²) in [4.78, 5) is 24.0. The Kier molecular flexibility index (Phi) is 5.74. The van der Waals surface area contributed by atoms with Crippen LogP contribution in [0.15, 0.2) is 54.6 Å². The minimum absolute atomic E-state index is 0.0529. The first-order valence-electron chi connectivity index (χ1n) is 7.20. The molecule has 0 heterocycles. The maximum absolute atomic E-state index is 12.4. The molecular formula is C18H19NO4. The van der Waals surface area contributed by atoms with Crippen molar-refractivity contribution >= 4 is 11.9 Å². The van der Waals surface area contributed by atoms with E-state index in [1.807, 2.05) is 30.3 Å². The second kappa shape index (κ2) is 7.98. The molecule has 0 aromatic heterocycles. The molecule has 1 atom stereocenters. The number of benzene rings is 2. The highest BCUT2D eigenvalue weighted by atomic mass is 16.5. The number of rotatable bonds is 6. The molecule has 1 unspecified atom stereocenters. The molecule has 5 heteroatoms. The monoisotopic (exact) mass is 313 g/mol. The number of carbonyl (C=O) groups is 2. The summed E-state index contributed by atoms with van der Waals surface area (Å²) >= 11 is 0. The van der Waals surface area contributed by atoms with Crippen LogP contribution in [0.25, 0.3) is 0 Å². The number of hydrogen-bond donors (Lipinski definition) is 1. The van der Waals surface area contributed by atoms with Gasteiger partial charge in [-0.05, 0) is 17.7 Å². The first kappa shape index (κ1) is 16.5. The Balaban J connectivity index is 2.19. The van der Waals surface area contributed by atoms with Gasteiger partial charge in [-0.3, -0.25) is 4.79 Å². The lowest BCUT2D eigenvalue weighted by atomic mass is 9.98. The molecule has 0 aliphatic rings. The van der Waals surface area contributed by atoms with Crippen molar-refractivity contribution in [2.75, 3.05) is 14.2 Å². The molecule has 0 aliphatic heterocycles.